The Labute approximate surface area is 176 Å². The van der Waals surface area contributed by atoms with Crippen molar-refractivity contribution in [2.45, 2.75) is 46.6 Å². The van der Waals surface area contributed by atoms with E-state index in [2.05, 4.69) is 48.8 Å². The van der Waals surface area contributed by atoms with E-state index in [1.165, 1.54) is 5.56 Å². The minimum absolute atomic E-state index is 0.0652. The fourth-order valence-corrected chi connectivity index (χ4v) is 3.68. The summed E-state index contributed by atoms with van der Waals surface area (Å²) >= 11 is 0. The van der Waals surface area contributed by atoms with Crippen molar-refractivity contribution in [3.05, 3.63) is 58.8 Å². The van der Waals surface area contributed by atoms with E-state index in [4.69, 9.17) is 4.98 Å². The van der Waals surface area contributed by atoms with E-state index in [-0.39, 0.29) is 6.04 Å². The number of hydrogen-bond donors (Lipinski definition) is 4. The molecule has 0 saturated heterocycles. The highest BCUT2D eigenvalue weighted by atomic mass is 15.2. The van der Waals surface area contributed by atoms with Crippen molar-refractivity contribution in [3.63, 3.8) is 0 Å². The zero-order chi connectivity index (χ0) is 21.1. The van der Waals surface area contributed by atoms with Crippen LogP contribution >= 0.6 is 0 Å². The smallest absolute Gasteiger partial charge is 0.225 e. The molecule has 0 fully saturated rings. The highest BCUT2D eigenvalue weighted by Crippen LogP contribution is 2.26. The standard InChI is InChI=1S/C22H28N8/c1-5-17(18-8-6-7-13(2)25-18)26-21-20-19(10-12-23-20)27-22(28-21)24-11-9-16-14(3)29-30-15(16)4/h6-8,10,12,17,23H,5,9,11H2,1-4H3,(H,29,30)(H2,24,26,27,28). The summed E-state index contributed by atoms with van der Waals surface area (Å²) in [5.41, 5.74) is 7.17. The Morgan fingerprint density at radius 3 is 2.67 bits per heavy atom. The number of aryl methyl sites for hydroxylation is 3. The molecule has 4 aromatic heterocycles. The number of rotatable bonds is 8. The second-order valence-corrected chi connectivity index (χ2v) is 7.53. The van der Waals surface area contributed by atoms with Crippen molar-refractivity contribution >= 4 is 22.8 Å². The van der Waals surface area contributed by atoms with Crippen LogP contribution in [0.3, 0.4) is 0 Å². The van der Waals surface area contributed by atoms with Gasteiger partial charge in [-0.05, 0) is 57.4 Å². The average molecular weight is 405 g/mol. The molecule has 0 amide bonds. The molecule has 1 atom stereocenters. The number of H-pyrrole nitrogens is 2. The van der Waals surface area contributed by atoms with Gasteiger partial charge in [-0.3, -0.25) is 10.1 Å². The summed E-state index contributed by atoms with van der Waals surface area (Å²) in [4.78, 5) is 17.3. The maximum Gasteiger partial charge on any atom is 0.225 e. The Morgan fingerprint density at radius 2 is 1.93 bits per heavy atom. The molecule has 0 aromatic carbocycles. The van der Waals surface area contributed by atoms with Crippen molar-refractivity contribution < 1.29 is 0 Å². The number of nitrogens with zero attached hydrogens (tertiary/aromatic N) is 4. The van der Waals surface area contributed by atoms with Crippen LogP contribution in [0, 0.1) is 20.8 Å². The van der Waals surface area contributed by atoms with Gasteiger partial charge in [0.05, 0.1) is 22.9 Å². The van der Waals surface area contributed by atoms with Gasteiger partial charge in [0.2, 0.25) is 5.95 Å². The third-order valence-corrected chi connectivity index (χ3v) is 5.33. The molecule has 156 valence electrons. The molecule has 0 saturated carbocycles. The summed E-state index contributed by atoms with van der Waals surface area (Å²) in [5, 5.41) is 14.2. The quantitative estimate of drug-likeness (QED) is 0.350. The zero-order valence-corrected chi connectivity index (χ0v) is 17.9. The summed E-state index contributed by atoms with van der Waals surface area (Å²) in [5.74, 6) is 1.38. The van der Waals surface area contributed by atoms with E-state index < -0.39 is 0 Å². The van der Waals surface area contributed by atoms with Gasteiger partial charge in [-0.1, -0.05) is 13.0 Å². The molecule has 4 N–H and O–H groups in total. The topological polar surface area (TPSA) is 107 Å². The van der Waals surface area contributed by atoms with Gasteiger partial charge in [0.1, 0.15) is 5.52 Å². The van der Waals surface area contributed by atoms with Crippen LogP contribution in [0.2, 0.25) is 0 Å². The molecule has 8 nitrogen and oxygen atoms in total. The predicted molar refractivity (Wildman–Crippen MR) is 120 cm³/mol. The van der Waals surface area contributed by atoms with E-state index >= 15 is 0 Å². The van der Waals surface area contributed by atoms with E-state index in [1.807, 2.05) is 45.2 Å². The summed E-state index contributed by atoms with van der Waals surface area (Å²) in [6.45, 7) is 8.95. The number of aromatic amines is 2. The van der Waals surface area contributed by atoms with Gasteiger partial charge in [0.15, 0.2) is 5.82 Å². The number of pyridine rings is 1. The van der Waals surface area contributed by atoms with Gasteiger partial charge < -0.3 is 15.6 Å². The minimum atomic E-state index is 0.0652. The second-order valence-electron chi connectivity index (χ2n) is 7.53. The molecule has 4 rings (SSSR count). The lowest BCUT2D eigenvalue weighted by Crippen LogP contribution is -2.15. The van der Waals surface area contributed by atoms with Crippen LogP contribution in [0.4, 0.5) is 11.8 Å². The lowest BCUT2D eigenvalue weighted by Gasteiger charge is -2.18. The summed E-state index contributed by atoms with van der Waals surface area (Å²) < 4.78 is 0. The average Bonchev–Trinajstić information content (AvgIpc) is 3.33. The maximum atomic E-state index is 4.76. The SMILES string of the molecule is CCC(Nc1nc(NCCc2c(C)n[nH]c2C)nc2cc[nH]c12)c1cccc(C)n1. The fraction of sp³-hybridized carbons (Fsp3) is 0.364. The molecule has 0 radical (unpaired) electrons. The summed E-state index contributed by atoms with van der Waals surface area (Å²) in [6, 6.07) is 8.13. The van der Waals surface area contributed by atoms with Crippen LogP contribution in [0.15, 0.2) is 30.5 Å². The third kappa shape index (κ3) is 4.12. The van der Waals surface area contributed by atoms with Crippen molar-refractivity contribution in [2.75, 3.05) is 17.2 Å². The molecule has 0 aliphatic carbocycles. The van der Waals surface area contributed by atoms with E-state index in [9.17, 15) is 0 Å². The highest BCUT2D eigenvalue weighted by Gasteiger charge is 2.16. The second kappa shape index (κ2) is 8.52. The maximum absolute atomic E-state index is 4.76. The van der Waals surface area contributed by atoms with E-state index in [1.54, 1.807) is 0 Å². The Kier molecular flexibility index (Phi) is 5.65. The molecule has 4 aromatic rings. The molecular formula is C22H28N8. The van der Waals surface area contributed by atoms with Crippen LogP contribution in [0.25, 0.3) is 11.0 Å². The van der Waals surface area contributed by atoms with Crippen molar-refractivity contribution in [2.24, 2.45) is 0 Å². The molecule has 30 heavy (non-hydrogen) atoms. The van der Waals surface area contributed by atoms with Gasteiger partial charge in [-0.2, -0.15) is 10.1 Å². The van der Waals surface area contributed by atoms with Crippen LogP contribution in [0.1, 0.15) is 47.7 Å². The molecule has 0 aliphatic heterocycles. The predicted octanol–water partition coefficient (Wildman–Crippen LogP) is 4.22. The number of aromatic nitrogens is 6. The van der Waals surface area contributed by atoms with Gasteiger partial charge in [-0.15, -0.1) is 0 Å². The van der Waals surface area contributed by atoms with E-state index in [0.29, 0.717) is 5.95 Å². The zero-order valence-electron chi connectivity index (χ0n) is 17.9. The first kappa shape index (κ1) is 19.9. The van der Waals surface area contributed by atoms with Crippen LogP contribution in [0.5, 0.6) is 0 Å². The normalized spacial score (nSPS) is 12.3. The largest absolute Gasteiger partial charge is 0.360 e. The molecule has 0 spiro atoms. The third-order valence-electron chi connectivity index (χ3n) is 5.33. The Balaban J connectivity index is 1.55. The van der Waals surface area contributed by atoms with Gasteiger partial charge in [-0.25, -0.2) is 4.98 Å². The monoisotopic (exact) mass is 404 g/mol. The summed E-state index contributed by atoms with van der Waals surface area (Å²) in [6.07, 6.45) is 3.64. The van der Waals surface area contributed by atoms with Crippen molar-refractivity contribution in [3.8, 4) is 0 Å². The Hall–Kier alpha value is -3.42. The number of hydrogen-bond acceptors (Lipinski definition) is 6. The minimum Gasteiger partial charge on any atom is -0.360 e. The first-order valence-electron chi connectivity index (χ1n) is 10.3. The molecule has 0 bridgehead atoms. The van der Waals surface area contributed by atoms with Crippen LogP contribution < -0.4 is 10.6 Å². The first-order chi connectivity index (χ1) is 14.5. The molecule has 1 unspecified atom stereocenters. The van der Waals surface area contributed by atoms with Crippen LogP contribution in [-0.2, 0) is 6.42 Å². The fourth-order valence-electron chi connectivity index (χ4n) is 3.68. The summed E-state index contributed by atoms with van der Waals surface area (Å²) in [7, 11) is 0. The highest BCUT2D eigenvalue weighted by molar-refractivity contribution is 5.87. The molecule has 4 heterocycles. The molecule has 8 heteroatoms. The molecule has 0 aliphatic rings. The van der Waals surface area contributed by atoms with Crippen molar-refractivity contribution in [1.29, 1.82) is 0 Å². The lowest BCUT2D eigenvalue weighted by molar-refractivity contribution is 0.716. The van der Waals surface area contributed by atoms with Gasteiger partial charge in [0, 0.05) is 24.1 Å². The molecular weight excluding hydrogens is 376 g/mol. The Bertz CT molecular complexity index is 1120. The van der Waals surface area contributed by atoms with Gasteiger partial charge >= 0.3 is 0 Å². The first-order valence-corrected chi connectivity index (χ1v) is 10.3. The number of nitrogens with one attached hydrogen (secondary N) is 4. The van der Waals surface area contributed by atoms with E-state index in [0.717, 1.165) is 59.0 Å². The number of anilines is 2. The van der Waals surface area contributed by atoms with Crippen molar-refractivity contribution in [1.82, 2.24) is 30.1 Å². The van der Waals surface area contributed by atoms with Crippen LogP contribution in [-0.4, -0.2) is 36.7 Å². The number of fused-ring (bicyclic) bond motifs is 1. The lowest BCUT2D eigenvalue weighted by atomic mass is 10.1. The van der Waals surface area contributed by atoms with Gasteiger partial charge in [0.25, 0.3) is 0 Å². The Morgan fingerprint density at radius 1 is 1.07 bits per heavy atom.